The Labute approximate surface area is 194 Å². The number of carbonyl (C=O) groups is 2. The fourth-order valence-electron chi connectivity index (χ4n) is 3.65. The second-order valence-electron chi connectivity index (χ2n) is 7.20. The van der Waals surface area contributed by atoms with Gasteiger partial charge in [0.05, 0.1) is 18.7 Å². The van der Waals surface area contributed by atoms with Crippen LogP contribution in [0.15, 0.2) is 101 Å². The van der Waals surface area contributed by atoms with E-state index in [0.717, 1.165) is 10.0 Å². The summed E-state index contributed by atoms with van der Waals surface area (Å²) in [5, 5.41) is 10.7. The van der Waals surface area contributed by atoms with E-state index < -0.39 is 23.5 Å². The molecule has 6 heteroatoms. The molecule has 0 saturated carbocycles. The third-order valence-corrected chi connectivity index (χ3v) is 5.77. The van der Waals surface area contributed by atoms with Crippen molar-refractivity contribution >= 4 is 39.4 Å². The minimum atomic E-state index is -0.767. The highest BCUT2D eigenvalue weighted by Crippen LogP contribution is 2.41. The van der Waals surface area contributed by atoms with Crippen LogP contribution in [0.25, 0.3) is 6.08 Å². The molecule has 5 nitrogen and oxygen atoms in total. The first-order valence-corrected chi connectivity index (χ1v) is 10.7. The van der Waals surface area contributed by atoms with Crippen molar-refractivity contribution in [2.45, 2.75) is 6.04 Å². The van der Waals surface area contributed by atoms with Gasteiger partial charge in [-0.25, -0.2) is 0 Å². The summed E-state index contributed by atoms with van der Waals surface area (Å²) in [5.74, 6) is -0.959. The molecule has 0 aliphatic carbocycles. The molecule has 1 amide bonds. The van der Waals surface area contributed by atoms with Crippen molar-refractivity contribution in [3.8, 4) is 5.75 Å². The summed E-state index contributed by atoms with van der Waals surface area (Å²) < 4.78 is 6.07. The van der Waals surface area contributed by atoms with E-state index in [1.165, 1.54) is 11.0 Å². The van der Waals surface area contributed by atoms with E-state index >= 15 is 0 Å². The summed E-state index contributed by atoms with van der Waals surface area (Å²) >= 11 is 3.41. The number of halogens is 1. The number of carbonyl (C=O) groups excluding carboxylic acids is 2. The summed E-state index contributed by atoms with van der Waals surface area (Å²) in [6, 6.07) is 22.8. The number of hydrogen-bond donors (Lipinski definition) is 1. The molecule has 3 aromatic carbocycles. The first-order chi connectivity index (χ1) is 15.5. The van der Waals surface area contributed by atoms with E-state index in [1.54, 1.807) is 37.5 Å². The molecule has 4 rings (SSSR count). The number of aliphatic hydroxyl groups is 1. The van der Waals surface area contributed by atoms with E-state index in [2.05, 4.69) is 15.9 Å². The molecule has 1 heterocycles. The molecule has 0 fully saturated rings. The Morgan fingerprint density at radius 2 is 1.66 bits per heavy atom. The van der Waals surface area contributed by atoms with Gasteiger partial charge in [0.15, 0.2) is 11.5 Å². The molecule has 32 heavy (non-hydrogen) atoms. The molecular formula is C26H20BrNO4. The number of methoxy groups -OCH3 is 1. The van der Waals surface area contributed by atoms with Gasteiger partial charge in [0.25, 0.3) is 5.91 Å². The molecule has 1 N–H and O–H groups in total. The van der Waals surface area contributed by atoms with Crippen molar-refractivity contribution in [3.05, 3.63) is 112 Å². The van der Waals surface area contributed by atoms with Gasteiger partial charge in [-0.15, -0.1) is 0 Å². The first-order valence-electron chi connectivity index (χ1n) is 9.93. The standard InChI is InChI=1S/C26H20BrNO4/c1-32-21-14-12-20(13-15-21)28-24(18-8-10-19(27)11-9-18)23(25(30)26(28)31)22(29)16-7-17-5-3-2-4-6-17/h2-16,24,30H,1H3/b16-7+/t24-/m1/s1. The van der Waals surface area contributed by atoms with E-state index in [-0.39, 0.29) is 5.57 Å². The average Bonchev–Trinajstić information content (AvgIpc) is 3.09. The van der Waals surface area contributed by atoms with Crippen LogP contribution in [-0.2, 0) is 9.59 Å². The number of aliphatic hydroxyl groups excluding tert-OH is 1. The fraction of sp³-hybridized carbons (Fsp3) is 0.0769. The van der Waals surface area contributed by atoms with Crippen molar-refractivity contribution in [2.24, 2.45) is 0 Å². The second kappa shape index (κ2) is 9.24. The largest absolute Gasteiger partial charge is 0.503 e. The molecule has 0 aromatic heterocycles. The van der Waals surface area contributed by atoms with Gasteiger partial charge >= 0.3 is 0 Å². The lowest BCUT2D eigenvalue weighted by Gasteiger charge is -2.27. The van der Waals surface area contributed by atoms with E-state index in [9.17, 15) is 14.7 Å². The summed E-state index contributed by atoms with van der Waals surface area (Å²) in [7, 11) is 1.56. The third-order valence-electron chi connectivity index (χ3n) is 5.24. The minimum absolute atomic E-state index is 0.0420. The Bertz CT molecular complexity index is 1200. The Hall–Kier alpha value is -3.64. The molecule has 0 bridgehead atoms. The summed E-state index contributed by atoms with van der Waals surface area (Å²) in [6.45, 7) is 0. The molecule has 1 atom stereocenters. The van der Waals surface area contributed by atoms with Crippen molar-refractivity contribution in [1.82, 2.24) is 0 Å². The molecule has 1 aliphatic heterocycles. The number of allylic oxidation sites excluding steroid dienone is 1. The highest BCUT2D eigenvalue weighted by Gasteiger charge is 2.43. The molecule has 0 spiro atoms. The van der Waals surface area contributed by atoms with Gasteiger partial charge in [0, 0.05) is 10.2 Å². The monoisotopic (exact) mass is 489 g/mol. The lowest BCUT2D eigenvalue weighted by Crippen LogP contribution is -2.30. The average molecular weight is 490 g/mol. The van der Waals surface area contributed by atoms with Crippen LogP contribution in [0.2, 0.25) is 0 Å². The summed E-state index contributed by atoms with van der Waals surface area (Å²) in [6.07, 6.45) is 3.05. The second-order valence-corrected chi connectivity index (χ2v) is 8.11. The number of nitrogens with zero attached hydrogens (tertiary/aromatic N) is 1. The summed E-state index contributed by atoms with van der Waals surface area (Å²) in [5.41, 5.74) is 2.14. The van der Waals surface area contributed by atoms with E-state index in [1.807, 2.05) is 54.6 Å². The maximum absolute atomic E-state index is 13.2. The highest BCUT2D eigenvalue weighted by atomic mass is 79.9. The lowest BCUT2D eigenvalue weighted by molar-refractivity contribution is -0.117. The third kappa shape index (κ3) is 4.22. The normalized spacial score (nSPS) is 16.1. The molecule has 160 valence electrons. The first kappa shape index (κ1) is 21.6. The van der Waals surface area contributed by atoms with Crippen LogP contribution in [0, 0.1) is 0 Å². The Morgan fingerprint density at radius 1 is 1.00 bits per heavy atom. The molecule has 1 aliphatic rings. The molecule has 0 radical (unpaired) electrons. The van der Waals surface area contributed by atoms with Crippen LogP contribution >= 0.6 is 15.9 Å². The zero-order valence-corrected chi connectivity index (χ0v) is 18.8. The van der Waals surface area contributed by atoms with Gasteiger partial charge in [0.1, 0.15) is 5.75 Å². The van der Waals surface area contributed by atoms with Gasteiger partial charge in [-0.05, 0) is 53.6 Å². The molecule has 3 aromatic rings. The molecular weight excluding hydrogens is 470 g/mol. The maximum atomic E-state index is 13.2. The topological polar surface area (TPSA) is 66.8 Å². The Morgan fingerprint density at radius 3 is 2.28 bits per heavy atom. The van der Waals surface area contributed by atoms with Crippen LogP contribution in [0.1, 0.15) is 17.2 Å². The number of ether oxygens (including phenoxy) is 1. The number of anilines is 1. The highest BCUT2D eigenvalue weighted by molar-refractivity contribution is 9.10. The van der Waals surface area contributed by atoms with Gasteiger partial charge in [-0.3, -0.25) is 14.5 Å². The van der Waals surface area contributed by atoms with Crippen molar-refractivity contribution in [3.63, 3.8) is 0 Å². The maximum Gasteiger partial charge on any atom is 0.294 e. The summed E-state index contributed by atoms with van der Waals surface area (Å²) in [4.78, 5) is 27.7. The molecule has 0 saturated heterocycles. The van der Waals surface area contributed by atoms with Crippen molar-refractivity contribution in [1.29, 1.82) is 0 Å². The number of ketones is 1. The van der Waals surface area contributed by atoms with Crippen LogP contribution in [0.5, 0.6) is 5.75 Å². The number of rotatable bonds is 6. The zero-order valence-electron chi connectivity index (χ0n) is 17.2. The number of hydrogen-bond acceptors (Lipinski definition) is 4. The van der Waals surface area contributed by atoms with Crippen molar-refractivity contribution in [2.75, 3.05) is 12.0 Å². The number of amides is 1. The Balaban J connectivity index is 1.77. The van der Waals surface area contributed by atoms with Crippen LogP contribution in [0.3, 0.4) is 0 Å². The predicted molar refractivity (Wildman–Crippen MR) is 128 cm³/mol. The predicted octanol–water partition coefficient (Wildman–Crippen LogP) is 5.64. The minimum Gasteiger partial charge on any atom is -0.503 e. The van der Waals surface area contributed by atoms with Crippen LogP contribution in [0.4, 0.5) is 5.69 Å². The lowest BCUT2D eigenvalue weighted by atomic mass is 9.95. The SMILES string of the molecule is COc1ccc(N2C(=O)C(O)=C(C(=O)/C=C/c3ccccc3)[C@H]2c2ccc(Br)cc2)cc1. The van der Waals surface area contributed by atoms with Gasteiger partial charge in [-0.2, -0.15) is 0 Å². The van der Waals surface area contributed by atoms with Gasteiger partial charge in [0.2, 0.25) is 0 Å². The Kier molecular flexibility index (Phi) is 6.23. The van der Waals surface area contributed by atoms with E-state index in [4.69, 9.17) is 4.74 Å². The fourth-order valence-corrected chi connectivity index (χ4v) is 3.92. The quantitative estimate of drug-likeness (QED) is 0.455. The number of benzene rings is 3. The van der Waals surface area contributed by atoms with E-state index in [0.29, 0.717) is 17.0 Å². The zero-order chi connectivity index (χ0) is 22.7. The van der Waals surface area contributed by atoms with Crippen LogP contribution < -0.4 is 9.64 Å². The van der Waals surface area contributed by atoms with Crippen LogP contribution in [-0.4, -0.2) is 23.9 Å². The van der Waals surface area contributed by atoms with Gasteiger partial charge in [-0.1, -0.05) is 64.5 Å². The smallest absolute Gasteiger partial charge is 0.294 e. The molecule has 0 unspecified atom stereocenters. The van der Waals surface area contributed by atoms with Crippen molar-refractivity contribution < 1.29 is 19.4 Å². The van der Waals surface area contributed by atoms with Gasteiger partial charge < -0.3 is 9.84 Å².